The molecular weight excluding hydrogens is 241 g/mol. The van der Waals surface area contributed by atoms with Crippen molar-refractivity contribution in [1.29, 1.82) is 0 Å². The molecule has 94 valence electrons. The highest BCUT2D eigenvalue weighted by molar-refractivity contribution is 6.28. The first-order chi connectivity index (χ1) is 7.96. The maximum atomic E-state index is 13.4. The Labute approximate surface area is 106 Å². The molecule has 5 heteroatoms. The largest absolute Gasteiger partial charge is 0.365 e. The molecule has 1 aromatic heterocycles. The molecule has 1 aromatic rings. The quantitative estimate of drug-likeness (QED) is 0.822. The van der Waals surface area contributed by atoms with Crippen LogP contribution in [0.15, 0.2) is 6.20 Å². The van der Waals surface area contributed by atoms with Crippen LogP contribution < -0.4 is 5.32 Å². The van der Waals surface area contributed by atoms with E-state index in [2.05, 4.69) is 29.1 Å². The molecule has 0 atom stereocenters. The highest BCUT2D eigenvalue weighted by Gasteiger charge is 2.27. The Morgan fingerprint density at radius 2 is 2.06 bits per heavy atom. The molecule has 0 unspecified atom stereocenters. The van der Waals surface area contributed by atoms with E-state index in [4.69, 9.17) is 11.6 Å². The summed E-state index contributed by atoms with van der Waals surface area (Å²) in [6.45, 7) is 4.54. The second-order valence-electron chi connectivity index (χ2n) is 5.42. The van der Waals surface area contributed by atoms with Crippen LogP contribution >= 0.6 is 11.6 Å². The summed E-state index contributed by atoms with van der Waals surface area (Å²) >= 11 is 5.65. The molecule has 0 bridgehead atoms. The van der Waals surface area contributed by atoms with Crippen LogP contribution in [-0.4, -0.2) is 16.0 Å². The van der Waals surface area contributed by atoms with Gasteiger partial charge in [0.1, 0.15) is 0 Å². The lowest BCUT2D eigenvalue weighted by atomic mass is 9.75. The molecule has 1 fully saturated rings. The average molecular weight is 258 g/mol. The van der Waals surface area contributed by atoms with Crippen molar-refractivity contribution >= 4 is 17.4 Å². The predicted octanol–water partition coefficient (Wildman–Crippen LogP) is 3.65. The number of hydrogen-bond donors (Lipinski definition) is 1. The first-order valence-corrected chi connectivity index (χ1v) is 6.29. The number of aromatic nitrogens is 2. The molecule has 3 nitrogen and oxygen atoms in total. The Bertz CT molecular complexity index is 399. The summed E-state index contributed by atoms with van der Waals surface area (Å²) in [7, 11) is 0. The second-order valence-corrected chi connectivity index (χ2v) is 5.76. The molecule has 2 rings (SSSR count). The highest BCUT2D eigenvalue weighted by atomic mass is 35.5. The highest BCUT2D eigenvalue weighted by Crippen LogP contribution is 2.36. The molecule has 0 amide bonds. The van der Waals surface area contributed by atoms with Gasteiger partial charge in [0.05, 0.1) is 6.20 Å². The van der Waals surface area contributed by atoms with Crippen LogP contribution in [0.1, 0.15) is 39.5 Å². The van der Waals surface area contributed by atoms with Gasteiger partial charge in [0.25, 0.3) is 0 Å². The number of hydrogen-bond acceptors (Lipinski definition) is 3. The first-order valence-electron chi connectivity index (χ1n) is 5.91. The second kappa shape index (κ2) is 4.77. The third-order valence-corrected chi connectivity index (χ3v) is 3.58. The molecule has 0 spiro atoms. The van der Waals surface area contributed by atoms with Gasteiger partial charge >= 0.3 is 0 Å². The zero-order valence-electron chi connectivity index (χ0n) is 10.1. The lowest BCUT2D eigenvalue weighted by Crippen LogP contribution is -2.30. The van der Waals surface area contributed by atoms with Crippen LogP contribution in [0.3, 0.4) is 0 Å². The van der Waals surface area contributed by atoms with Crippen LogP contribution in [0.25, 0.3) is 0 Å². The Morgan fingerprint density at radius 3 is 2.71 bits per heavy atom. The zero-order valence-corrected chi connectivity index (χ0v) is 10.9. The molecule has 0 aliphatic heterocycles. The Balaban J connectivity index is 2.00. The van der Waals surface area contributed by atoms with E-state index in [-0.39, 0.29) is 17.1 Å². The predicted molar refractivity (Wildman–Crippen MR) is 66.7 cm³/mol. The normalized spacial score (nSPS) is 20.2. The first kappa shape index (κ1) is 12.6. The van der Waals surface area contributed by atoms with Crippen LogP contribution in [0.5, 0.6) is 0 Å². The molecule has 0 radical (unpaired) electrons. The maximum absolute atomic E-state index is 13.4. The molecule has 1 saturated carbocycles. The summed E-state index contributed by atoms with van der Waals surface area (Å²) in [5.74, 6) is -0.228. The van der Waals surface area contributed by atoms with Gasteiger partial charge in [-0.1, -0.05) is 13.8 Å². The topological polar surface area (TPSA) is 37.8 Å². The number of halogens is 2. The molecule has 1 aliphatic rings. The third kappa shape index (κ3) is 3.28. The molecule has 0 aromatic carbocycles. The minimum atomic E-state index is -0.445. The van der Waals surface area contributed by atoms with E-state index >= 15 is 0 Å². The van der Waals surface area contributed by atoms with E-state index in [1.54, 1.807) is 0 Å². The van der Waals surface area contributed by atoms with Crippen molar-refractivity contribution in [3.05, 3.63) is 17.3 Å². The summed E-state index contributed by atoms with van der Waals surface area (Å²) in [6.07, 6.45) is 5.46. The van der Waals surface area contributed by atoms with Gasteiger partial charge in [-0.25, -0.2) is 9.37 Å². The molecule has 17 heavy (non-hydrogen) atoms. The fraction of sp³-hybridized carbons (Fsp3) is 0.667. The summed E-state index contributed by atoms with van der Waals surface area (Å²) < 4.78 is 13.4. The van der Waals surface area contributed by atoms with E-state index in [1.165, 1.54) is 0 Å². The van der Waals surface area contributed by atoms with Crippen LogP contribution in [0, 0.1) is 11.2 Å². The minimum Gasteiger partial charge on any atom is -0.365 e. The summed E-state index contributed by atoms with van der Waals surface area (Å²) in [5, 5.41) is 3.19. The zero-order chi connectivity index (χ0) is 12.5. The van der Waals surface area contributed by atoms with E-state index in [0.717, 1.165) is 31.9 Å². The van der Waals surface area contributed by atoms with Gasteiger partial charge in [-0.2, -0.15) is 4.98 Å². The molecule has 1 N–H and O–H groups in total. The Hall–Kier alpha value is -0.900. The average Bonchev–Trinajstić information content (AvgIpc) is 2.26. The fourth-order valence-corrected chi connectivity index (χ4v) is 2.32. The lowest BCUT2D eigenvalue weighted by molar-refractivity contribution is 0.232. The minimum absolute atomic E-state index is 0.0741. The molecule has 1 aliphatic carbocycles. The van der Waals surface area contributed by atoms with Crippen molar-refractivity contribution in [3.8, 4) is 0 Å². The van der Waals surface area contributed by atoms with E-state index in [9.17, 15) is 4.39 Å². The Kier molecular flexibility index (Phi) is 3.52. The monoisotopic (exact) mass is 257 g/mol. The van der Waals surface area contributed by atoms with Gasteiger partial charge in [-0.05, 0) is 42.7 Å². The van der Waals surface area contributed by atoms with Crippen molar-refractivity contribution in [2.24, 2.45) is 5.41 Å². The van der Waals surface area contributed by atoms with E-state index < -0.39 is 5.82 Å². The fourth-order valence-electron chi connectivity index (χ4n) is 2.18. The van der Waals surface area contributed by atoms with Gasteiger partial charge < -0.3 is 5.32 Å². The van der Waals surface area contributed by atoms with E-state index in [0.29, 0.717) is 5.41 Å². The van der Waals surface area contributed by atoms with Crippen molar-refractivity contribution in [1.82, 2.24) is 9.97 Å². The summed E-state index contributed by atoms with van der Waals surface area (Å²) in [5.41, 5.74) is 0.403. The SMILES string of the molecule is CC1(C)CCC(Nc2nc(Cl)ncc2F)CC1. The van der Waals surface area contributed by atoms with Crippen LogP contribution in [-0.2, 0) is 0 Å². The van der Waals surface area contributed by atoms with E-state index in [1.807, 2.05) is 0 Å². The molecular formula is C12H17ClFN3. The van der Waals surface area contributed by atoms with Crippen molar-refractivity contribution in [2.75, 3.05) is 5.32 Å². The van der Waals surface area contributed by atoms with Crippen LogP contribution in [0.2, 0.25) is 5.28 Å². The van der Waals surface area contributed by atoms with Crippen LogP contribution in [0.4, 0.5) is 10.2 Å². The third-order valence-electron chi connectivity index (χ3n) is 3.39. The van der Waals surface area contributed by atoms with Crippen molar-refractivity contribution in [3.63, 3.8) is 0 Å². The number of nitrogens with one attached hydrogen (secondary N) is 1. The standard InChI is InChI=1S/C12H17ClFN3/c1-12(2)5-3-8(4-6-12)16-10-9(14)7-15-11(13)17-10/h7-8H,3-6H2,1-2H3,(H,15,16,17). The van der Waals surface area contributed by atoms with Gasteiger partial charge in [-0.3, -0.25) is 0 Å². The molecule has 1 heterocycles. The molecule has 0 saturated heterocycles. The summed E-state index contributed by atoms with van der Waals surface area (Å²) in [4.78, 5) is 7.47. The van der Waals surface area contributed by atoms with Crippen molar-refractivity contribution < 1.29 is 4.39 Å². The number of nitrogens with zero attached hydrogens (tertiary/aromatic N) is 2. The van der Waals surface area contributed by atoms with Gasteiger partial charge in [0.15, 0.2) is 11.6 Å². The number of anilines is 1. The van der Waals surface area contributed by atoms with Crippen molar-refractivity contribution in [2.45, 2.75) is 45.6 Å². The smallest absolute Gasteiger partial charge is 0.224 e. The van der Waals surface area contributed by atoms with Gasteiger partial charge in [-0.15, -0.1) is 0 Å². The number of rotatable bonds is 2. The lowest BCUT2D eigenvalue weighted by Gasteiger charge is -2.34. The Morgan fingerprint density at radius 1 is 1.41 bits per heavy atom. The summed E-state index contributed by atoms with van der Waals surface area (Å²) in [6, 6.07) is 0.281. The van der Waals surface area contributed by atoms with Gasteiger partial charge in [0.2, 0.25) is 5.28 Å². The maximum Gasteiger partial charge on any atom is 0.224 e. The van der Waals surface area contributed by atoms with Gasteiger partial charge in [0, 0.05) is 6.04 Å².